The van der Waals surface area contributed by atoms with Crippen LogP contribution < -0.4 is 10.1 Å². The number of hydrogen-bond donors (Lipinski definition) is 1. The summed E-state index contributed by atoms with van der Waals surface area (Å²) in [4.78, 5) is 17.3. The summed E-state index contributed by atoms with van der Waals surface area (Å²) in [5, 5.41) is 3.04. The molecule has 1 aromatic heterocycles. The van der Waals surface area contributed by atoms with Gasteiger partial charge in [-0.05, 0) is 67.6 Å². The minimum atomic E-state index is -0.0327. The number of benzene rings is 3. The molecule has 0 atom stereocenters. The van der Waals surface area contributed by atoms with Crippen molar-refractivity contribution in [1.29, 1.82) is 0 Å². The van der Waals surface area contributed by atoms with Gasteiger partial charge in [0, 0.05) is 18.5 Å². The Kier molecular flexibility index (Phi) is 7.86. The topological polar surface area (TPSA) is 56.2 Å². The second-order valence-electron chi connectivity index (χ2n) is 9.44. The third-order valence-corrected chi connectivity index (χ3v) is 6.24. The quantitative estimate of drug-likeness (QED) is 0.281. The molecular weight excluding hydrogens is 434 g/mol. The summed E-state index contributed by atoms with van der Waals surface area (Å²) in [5.74, 6) is 2.36. The van der Waals surface area contributed by atoms with E-state index in [0.717, 1.165) is 47.6 Å². The fourth-order valence-corrected chi connectivity index (χ4v) is 4.39. The largest absolute Gasteiger partial charge is 0.491 e. The van der Waals surface area contributed by atoms with Crippen molar-refractivity contribution in [2.45, 2.75) is 53.0 Å². The highest BCUT2D eigenvalue weighted by Gasteiger charge is 2.13. The van der Waals surface area contributed by atoms with E-state index in [1.165, 1.54) is 11.1 Å². The molecule has 3 aromatic carbocycles. The number of carbonyl (C=O) groups excluding carboxylic acids is 1. The summed E-state index contributed by atoms with van der Waals surface area (Å²) < 4.78 is 8.52. The Morgan fingerprint density at radius 1 is 1.00 bits per heavy atom. The van der Waals surface area contributed by atoms with Crippen molar-refractivity contribution in [3.63, 3.8) is 0 Å². The molecule has 0 unspecified atom stereocenters. The minimum Gasteiger partial charge on any atom is -0.491 e. The molecule has 35 heavy (non-hydrogen) atoms. The van der Waals surface area contributed by atoms with E-state index >= 15 is 0 Å². The number of aromatic nitrogens is 2. The number of carbonyl (C=O) groups is 1. The van der Waals surface area contributed by atoms with Crippen LogP contribution in [0.5, 0.6) is 5.75 Å². The van der Waals surface area contributed by atoms with Crippen molar-refractivity contribution < 1.29 is 9.53 Å². The smallest absolute Gasteiger partial charge is 0.251 e. The number of fused-ring (bicyclic) bond motifs is 1. The van der Waals surface area contributed by atoms with Gasteiger partial charge in [0.1, 0.15) is 18.2 Å². The molecule has 0 spiro atoms. The van der Waals surface area contributed by atoms with Crippen LogP contribution in [0.3, 0.4) is 0 Å². The molecule has 0 aliphatic heterocycles. The Hall–Kier alpha value is -3.60. The molecule has 0 bridgehead atoms. The first-order chi connectivity index (χ1) is 16.9. The van der Waals surface area contributed by atoms with E-state index < -0.39 is 0 Å². The van der Waals surface area contributed by atoms with Gasteiger partial charge in [0.15, 0.2) is 0 Å². The molecule has 5 heteroatoms. The van der Waals surface area contributed by atoms with Crippen molar-refractivity contribution in [2.24, 2.45) is 0 Å². The molecule has 1 heterocycles. The van der Waals surface area contributed by atoms with Crippen molar-refractivity contribution in [1.82, 2.24) is 14.9 Å². The van der Waals surface area contributed by atoms with E-state index in [-0.39, 0.29) is 5.91 Å². The van der Waals surface area contributed by atoms with E-state index in [2.05, 4.69) is 54.9 Å². The zero-order valence-electron chi connectivity index (χ0n) is 21.2. The van der Waals surface area contributed by atoms with E-state index in [1.54, 1.807) is 0 Å². The third kappa shape index (κ3) is 6.10. The standard InChI is InChI=1S/C30H35N3O2/c1-21(2)25-15-14-23(4)20-28(25)35-18-17-33-27-12-6-5-11-26(27)32-29(33)13-8-16-31-30(34)24-10-7-9-22(3)19-24/h5-7,9-12,14-15,19-21H,8,13,16-18H2,1-4H3,(H,31,34). The Bertz CT molecular complexity index is 1310. The predicted molar refractivity (Wildman–Crippen MR) is 142 cm³/mol. The lowest BCUT2D eigenvalue weighted by Gasteiger charge is -2.16. The first kappa shape index (κ1) is 24.5. The molecule has 0 aliphatic carbocycles. The van der Waals surface area contributed by atoms with Gasteiger partial charge in [0.2, 0.25) is 0 Å². The van der Waals surface area contributed by atoms with Crippen LogP contribution in [-0.4, -0.2) is 28.6 Å². The number of hydrogen-bond acceptors (Lipinski definition) is 3. The lowest BCUT2D eigenvalue weighted by Crippen LogP contribution is -2.25. The maximum absolute atomic E-state index is 12.4. The highest BCUT2D eigenvalue weighted by molar-refractivity contribution is 5.94. The molecule has 0 radical (unpaired) electrons. The van der Waals surface area contributed by atoms with E-state index in [9.17, 15) is 4.79 Å². The van der Waals surface area contributed by atoms with Crippen LogP contribution in [0.2, 0.25) is 0 Å². The second-order valence-corrected chi connectivity index (χ2v) is 9.44. The van der Waals surface area contributed by atoms with Gasteiger partial charge in [-0.1, -0.05) is 55.8 Å². The summed E-state index contributed by atoms with van der Waals surface area (Å²) in [5.41, 5.74) is 6.32. The molecule has 0 aliphatic rings. The molecule has 1 amide bonds. The SMILES string of the molecule is Cc1cccc(C(=O)NCCCc2nc3ccccc3n2CCOc2cc(C)ccc2C(C)C)c1. The van der Waals surface area contributed by atoms with Crippen LogP contribution >= 0.6 is 0 Å². The fourth-order valence-electron chi connectivity index (χ4n) is 4.39. The van der Waals surface area contributed by atoms with Crippen molar-refractivity contribution in [3.8, 4) is 5.75 Å². The van der Waals surface area contributed by atoms with Crippen molar-refractivity contribution >= 4 is 16.9 Å². The Morgan fingerprint density at radius 3 is 2.60 bits per heavy atom. The monoisotopic (exact) mass is 469 g/mol. The van der Waals surface area contributed by atoms with Crippen LogP contribution in [0.25, 0.3) is 11.0 Å². The minimum absolute atomic E-state index is 0.0327. The highest BCUT2D eigenvalue weighted by atomic mass is 16.5. The van der Waals surface area contributed by atoms with Gasteiger partial charge in [-0.2, -0.15) is 0 Å². The summed E-state index contributed by atoms with van der Waals surface area (Å²) >= 11 is 0. The number of aryl methyl sites for hydroxylation is 3. The number of amides is 1. The van der Waals surface area contributed by atoms with Crippen molar-refractivity contribution in [2.75, 3.05) is 13.2 Å². The second kappa shape index (κ2) is 11.2. The third-order valence-electron chi connectivity index (χ3n) is 6.24. The number of rotatable bonds is 10. The Labute approximate surface area is 208 Å². The first-order valence-corrected chi connectivity index (χ1v) is 12.4. The van der Waals surface area contributed by atoms with Gasteiger partial charge in [0.25, 0.3) is 5.91 Å². The summed E-state index contributed by atoms with van der Waals surface area (Å²) in [7, 11) is 0. The number of imidazole rings is 1. The van der Waals surface area contributed by atoms with Crippen LogP contribution in [0, 0.1) is 13.8 Å². The lowest BCUT2D eigenvalue weighted by atomic mass is 10.0. The van der Waals surface area contributed by atoms with Gasteiger partial charge in [-0.25, -0.2) is 4.98 Å². The Balaban J connectivity index is 1.40. The molecular formula is C30H35N3O2. The molecule has 182 valence electrons. The number of para-hydroxylation sites is 2. The van der Waals surface area contributed by atoms with Gasteiger partial charge >= 0.3 is 0 Å². The number of nitrogens with one attached hydrogen (secondary N) is 1. The van der Waals surface area contributed by atoms with E-state index in [4.69, 9.17) is 9.72 Å². The maximum atomic E-state index is 12.4. The van der Waals surface area contributed by atoms with Gasteiger partial charge in [-0.3, -0.25) is 4.79 Å². The van der Waals surface area contributed by atoms with Crippen LogP contribution in [-0.2, 0) is 13.0 Å². The molecule has 4 aromatic rings. The molecule has 0 fully saturated rings. The predicted octanol–water partition coefficient (Wildman–Crippen LogP) is 6.22. The molecule has 4 rings (SSSR count). The zero-order valence-corrected chi connectivity index (χ0v) is 21.2. The van der Waals surface area contributed by atoms with Crippen LogP contribution in [0.4, 0.5) is 0 Å². The van der Waals surface area contributed by atoms with Crippen LogP contribution in [0.15, 0.2) is 66.7 Å². The fraction of sp³-hybridized carbons (Fsp3) is 0.333. The zero-order chi connectivity index (χ0) is 24.8. The van der Waals surface area contributed by atoms with Crippen LogP contribution in [0.1, 0.15) is 59.1 Å². The van der Waals surface area contributed by atoms with E-state index in [0.29, 0.717) is 24.6 Å². The van der Waals surface area contributed by atoms with Gasteiger partial charge < -0.3 is 14.6 Å². The average Bonchev–Trinajstić information content (AvgIpc) is 3.19. The maximum Gasteiger partial charge on any atom is 0.251 e. The van der Waals surface area contributed by atoms with Crippen molar-refractivity contribution in [3.05, 3.63) is 94.8 Å². The van der Waals surface area contributed by atoms with E-state index in [1.807, 2.05) is 49.4 Å². The highest BCUT2D eigenvalue weighted by Crippen LogP contribution is 2.27. The molecule has 0 saturated carbocycles. The lowest BCUT2D eigenvalue weighted by molar-refractivity contribution is 0.0953. The molecule has 5 nitrogen and oxygen atoms in total. The summed E-state index contributed by atoms with van der Waals surface area (Å²) in [6.45, 7) is 10.4. The number of ether oxygens (including phenoxy) is 1. The molecule has 1 N–H and O–H groups in total. The van der Waals surface area contributed by atoms with Gasteiger partial charge in [0.05, 0.1) is 17.6 Å². The summed E-state index contributed by atoms with van der Waals surface area (Å²) in [6.07, 6.45) is 1.60. The molecule has 0 saturated heterocycles. The normalized spacial score (nSPS) is 11.2. The summed E-state index contributed by atoms with van der Waals surface area (Å²) in [6, 6.07) is 22.3. The number of nitrogens with zero attached hydrogens (tertiary/aromatic N) is 2. The Morgan fingerprint density at radius 2 is 1.80 bits per heavy atom. The average molecular weight is 470 g/mol. The van der Waals surface area contributed by atoms with Gasteiger partial charge in [-0.15, -0.1) is 0 Å². The first-order valence-electron chi connectivity index (χ1n) is 12.4.